The number of hydrogen-bond donors (Lipinski definition) is 5. The molecule has 240 valence electrons. The lowest BCUT2D eigenvalue weighted by molar-refractivity contribution is -0.136. The second-order valence-corrected chi connectivity index (χ2v) is 12.0. The first kappa shape index (κ1) is 34.5. The summed E-state index contributed by atoms with van der Waals surface area (Å²) in [7, 11) is 0. The number of carbonyl (C=O) groups excluding carboxylic acids is 4. The minimum absolute atomic E-state index is 0.134. The van der Waals surface area contributed by atoms with Gasteiger partial charge in [0.2, 0.25) is 23.6 Å². The number of hydrogen-bond acceptors (Lipinski definition) is 7. The molecule has 43 heavy (non-hydrogen) atoms. The molecule has 0 radical (unpaired) electrons. The van der Waals surface area contributed by atoms with Crippen LogP contribution in [0.25, 0.3) is 0 Å². The summed E-state index contributed by atoms with van der Waals surface area (Å²) in [5.41, 5.74) is 3.96. The van der Waals surface area contributed by atoms with Crippen molar-refractivity contribution < 1.29 is 29.1 Å². The third-order valence-electron chi connectivity index (χ3n) is 8.50. The summed E-state index contributed by atoms with van der Waals surface area (Å²) >= 11 is 0. The molecule has 11 nitrogen and oxygen atoms in total. The summed E-state index contributed by atoms with van der Waals surface area (Å²) in [6, 6.07) is 7.45. The Labute approximate surface area is 255 Å². The van der Waals surface area contributed by atoms with E-state index in [4.69, 9.17) is 9.94 Å². The molecule has 2 aliphatic rings. The van der Waals surface area contributed by atoms with Gasteiger partial charge in [-0.05, 0) is 44.1 Å². The van der Waals surface area contributed by atoms with Gasteiger partial charge in [-0.2, -0.15) is 0 Å². The number of hydroxylamine groups is 1. The van der Waals surface area contributed by atoms with E-state index < -0.39 is 17.9 Å². The third kappa shape index (κ3) is 13.4. The molecule has 2 atom stereocenters. The Morgan fingerprint density at radius 1 is 0.953 bits per heavy atom. The molecule has 0 spiro atoms. The number of amides is 4. The topological polar surface area (TPSA) is 149 Å². The van der Waals surface area contributed by atoms with Crippen molar-refractivity contribution in [1.82, 2.24) is 26.3 Å². The van der Waals surface area contributed by atoms with E-state index in [0.717, 1.165) is 57.3 Å². The fourth-order valence-electron chi connectivity index (χ4n) is 5.87. The molecule has 1 aromatic carbocycles. The number of aryl methyl sites for hydroxylation is 2. The molecule has 2 fully saturated rings. The van der Waals surface area contributed by atoms with Gasteiger partial charge in [-0.1, -0.05) is 61.9 Å². The molecule has 3 rings (SSSR count). The maximum absolute atomic E-state index is 13.4. The highest BCUT2D eigenvalue weighted by atomic mass is 16.5. The van der Waals surface area contributed by atoms with Gasteiger partial charge in [0.05, 0.1) is 13.2 Å². The van der Waals surface area contributed by atoms with Crippen LogP contribution in [0.5, 0.6) is 0 Å². The van der Waals surface area contributed by atoms with Crippen LogP contribution in [0.4, 0.5) is 0 Å². The predicted octanol–water partition coefficient (Wildman–Crippen LogP) is 2.24. The number of carbonyl (C=O) groups is 4. The molecule has 0 unspecified atom stereocenters. The summed E-state index contributed by atoms with van der Waals surface area (Å²) in [5, 5.41) is 17.8. The molecule has 1 aliphatic carbocycles. The number of morpholine rings is 1. The van der Waals surface area contributed by atoms with E-state index >= 15 is 0 Å². The van der Waals surface area contributed by atoms with E-state index in [1.807, 2.05) is 19.1 Å². The molecule has 4 amide bonds. The zero-order valence-corrected chi connectivity index (χ0v) is 25.7. The summed E-state index contributed by atoms with van der Waals surface area (Å²) in [4.78, 5) is 53.3. The first-order valence-electron chi connectivity index (χ1n) is 16.0. The average Bonchev–Trinajstić information content (AvgIpc) is 3.02. The van der Waals surface area contributed by atoms with E-state index in [-0.39, 0.29) is 37.1 Å². The standard InChI is InChI=1S/C32H51N5O6/c1-24-10-12-25(13-11-24)8-5-9-27(23-30(39)36-42)31(40)35-28(22-26-6-3-2-4-7-26)32(41)34-15-14-29(38)33-16-17-37-18-20-43-21-19-37/h10-13,26-28,42H,2-9,14-23H2,1H3,(H,33,38)(H,34,41)(H,35,40)(H,36,39)/t27-,28+/m1/s1. The number of nitrogens with one attached hydrogen (secondary N) is 4. The van der Waals surface area contributed by atoms with E-state index in [1.54, 1.807) is 5.48 Å². The number of ether oxygens (including phenoxy) is 1. The number of nitrogens with zero attached hydrogens (tertiary/aromatic N) is 1. The largest absolute Gasteiger partial charge is 0.379 e. The van der Waals surface area contributed by atoms with E-state index in [1.165, 1.54) is 12.0 Å². The van der Waals surface area contributed by atoms with E-state index in [0.29, 0.717) is 44.9 Å². The SMILES string of the molecule is Cc1ccc(CCC[C@H](CC(=O)NO)C(=O)N[C@@H](CC2CCCCC2)C(=O)NCCC(=O)NCCN2CCOCC2)cc1. The summed E-state index contributed by atoms with van der Waals surface area (Å²) in [5.74, 6) is -1.81. The zero-order chi connectivity index (χ0) is 30.9. The van der Waals surface area contributed by atoms with Crippen LogP contribution in [0.3, 0.4) is 0 Å². The van der Waals surface area contributed by atoms with Crippen LogP contribution in [0, 0.1) is 18.8 Å². The smallest absolute Gasteiger partial charge is 0.244 e. The van der Waals surface area contributed by atoms with Gasteiger partial charge < -0.3 is 20.7 Å². The van der Waals surface area contributed by atoms with Crippen molar-refractivity contribution in [3.05, 3.63) is 35.4 Å². The Hall–Kier alpha value is -3.02. The fraction of sp³-hybridized carbons (Fsp3) is 0.688. The van der Waals surface area contributed by atoms with Crippen molar-refractivity contribution in [1.29, 1.82) is 0 Å². The molecule has 5 N–H and O–H groups in total. The zero-order valence-electron chi connectivity index (χ0n) is 25.7. The van der Waals surface area contributed by atoms with Gasteiger partial charge in [-0.15, -0.1) is 0 Å². The van der Waals surface area contributed by atoms with Crippen LogP contribution in [0.1, 0.15) is 75.3 Å². The Morgan fingerprint density at radius 3 is 2.37 bits per heavy atom. The van der Waals surface area contributed by atoms with Gasteiger partial charge in [-0.3, -0.25) is 29.3 Å². The highest BCUT2D eigenvalue weighted by molar-refractivity contribution is 5.90. The van der Waals surface area contributed by atoms with Crippen LogP contribution in [0.15, 0.2) is 24.3 Å². The highest BCUT2D eigenvalue weighted by Gasteiger charge is 2.29. The van der Waals surface area contributed by atoms with E-state index in [2.05, 4.69) is 33.0 Å². The predicted molar refractivity (Wildman–Crippen MR) is 163 cm³/mol. The van der Waals surface area contributed by atoms with E-state index in [9.17, 15) is 19.2 Å². The monoisotopic (exact) mass is 601 g/mol. The second kappa shape index (κ2) is 19.3. The number of rotatable bonds is 17. The molecular formula is C32H51N5O6. The molecule has 1 aromatic rings. The lowest BCUT2D eigenvalue weighted by atomic mass is 9.84. The molecule has 1 saturated heterocycles. The maximum Gasteiger partial charge on any atom is 0.244 e. The minimum atomic E-state index is -0.753. The van der Waals surface area contributed by atoms with Crippen LogP contribution >= 0.6 is 0 Å². The molecule has 1 heterocycles. The number of benzene rings is 1. The van der Waals surface area contributed by atoms with Crippen molar-refractivity contribution in [3.63, 3.8) is 0 Å². The first-order valence-corrected chi connectivity index (χ1v) is 16.0. The molecule has 0 aromatic heterocycles. The van der Waals surface area contributed by atoms with Crippen LogP contribution < -0.4 is 21.4 Å². The van der Waals surface area contributed by atoms with Gasteiger partial charge >= 0.3 is 0 Å². The lowest BCUT2D eigenvalue weighted by Gasteiger charge is -2.28. The summed E-state index contributed by atoms with van der Waals surface area (Å²) in [6.07, 6.45) is 7.80. The average molecular weight is 602 g/mol. The highest BCUT2D eigenvalue weighted by Crippen LogP contribution is 2.27. The third-order valence-corrected chi connectivity index (χ3v) is 8.50. The molecule has 11 heteroatoms. The van der Waals surface area contributed by atoms with Crippen molar-refractivity contribution >= 4 is 23.6 Å². The van der Waals surface area contributed by atoms with Crippen molar-refractivity contribution in [2.24, 2.45) is 11.8 Å². The van der Waals surface area contributed by atoms with Crippen LogP contribution in [0.2, 0.25) is 0 Å². The maximum atomic E-state index is 13.4. The fourth-order valence-corrected chi connectivity index (χ4v) is 5.87. The second-order valence-electron chi connectivity index (χ2n) is 12.0. The molecule has 0 bridgehead atoms. The van der Waals surface area contributed by atoms with Crippen molar-refractivity contribution in [2.45, 2.75) is 83.6 Å². The van der Waals surface area contributed by atoms with Gasteiger partial charge in [0.25, 0.3) is 0 Å². The van der Waals surface area contributed by atoms with Crippen molar-refractivity contribution in [2.75, 3.05) is 45.9 Å². The van der Waals surface area contributed by atoms with Gasteiger partial charge in [0, 0.05) is 51.5 Å². The Morgan fingerprint density at radius 2 is 1.67 bits per heavy atom. The van der Waals surface area contributed by atoms with Crippen LogP contribution in [-0.4, -0.2) is 85.7 Å². The lowest BCUT2D eigenvalue weighted by Crippen LogP contribution is -2.50. The normalized spacial score (nSPS) is 17.4. The minimum Gasteiger partial charge on any atom is -0.379 e. The van der Waals surface area contributed by atoms with Crippen molar-refractivity contribution in [3.8, 4) is 0 Å². The van der Waals surface area contributed by atoms with Gasteiger partial charge in [0.1, 0.15) is 6.04 Å². The first-order chi connectivity index (χ1) is 20.8. The Bertz CT molecular complexity index is 1010. The van der Waals surface area contributed by atoms with Gasteiger partial charge in [0.15, 0.2) is 0 Å². The summed E-state index contributed by atoms with van der Waals surface area (Å²) in [6.45, 7) is 6.64. The Balaban J connectivity index is 1.52. The van der Waals surface area contributed by atoms with Crippen LogP contribution in [-0.2, 0) is 30.3 Å². The Kier molecular flexibility index (Phi) is 15.5. The summed E-state index contributed by atoms with van der Waals surface area (Å²) < 4.78 is 5.34. The van der Waals surface area contributed by atoms with Gasteiger partial charge in [-0.25, -0.2) is 5.48 Å². The molecule has 1 aliphatic heterocycles. The quantitative estimate of drug-likeness (QED) is 0.136. The molecule has 1 saturated carbocycles. The molecular weight excluding hydrogens is 550 g/mol.